The van der Waals surface area contributed by atoms with Gasteiger partial charge in [-0.25, -0.2) is 0 Å². The lowest BCUT2D eigenvalue weighted by atomic mass is 10.2. The van der Waals surface area contributed by atoms with Crippen molar-refractivity contribution in [3.8, 4) is 0 Å². The molecule has 0 saturated heterocycles. The molecule has 0 amide bonds. The van der Waals surface area contributed by atoms with Crippen LogP contribution in [0.3, 0.4) is 0 Å². The summed E-state index contributed by atoms with van der Waals surface area (Å²) < 4.78 is 1.03. The monoisotopic (exact) mass is 297 g/mol. The normalized spacial score (nSPS) is 9.76. The maximum Gasteiger partial charge on any atom is 0.221 e. The Labute approximate surface area is 109 Å². The van der Waals surface area contributed by atoms with Gasteiger partial charge in [0.05, 0.1) is 0 Å². The maximum absolute atomic E-state index is 7.74. The van der Waals surface area contributed by atoms with Crippen LogP contribution in [0.25, 0.3) is 0 Å². The van der Waals surface area contributed by atoms with Gasteiger partial charge in [-0.3, -0.25) is 5.41 Å². The number of halogens is 1. The molecule has 0 atom stereocenters. The van der Waals surface area contributed by atoms with E-state index in [0.717, 1.165) is 10.0 Å². The van der Waals surface area contributed by atoms with Gasteiger partial charge in [-0.15, -0.1) is 0 Å². The van der Waals surface area contributed by atoms with Gasteiger partial charge in [0.2, 0.25) is 5.96 Å². The van der Waals surface area contributed by atoms with E-state index in [0.29, 0.717) is 13.1 Å². The summed E-state index contributed by atoms with van der Waals surface area (Å²) in [6.45, 7) is 3.24. The Bertz CT molecular complexity index is 408. The molecule has 0 heterocycles. The number of nitrogens with two attached hydrogens (primary N) is 2. The van der Waals surface area contributed by atoms with Crippen molar-refractivity contribution >= 4 is 27.8 Å². The molecule has 0 aliphatic rings. The SMILES string of the molecule is CCN(Cc1ccc(Br)cc1)C(=N)N=C(N)N. The van der Waals surface area contributed by atoms with Gasteiger partial charge in [-0.1, -0.05) is 28.1 Å². The Morgan fingerprint density at radius 1 is 1.35 bits per heavy atom. The average molecular weight is 298 g/mol. The minimum atomic E-state index is -0.0933. The molecule has 0 saturated carbocycles. The third kappa shape index (κ3) is 4.44. The number of rotatable bonds is 3. The highest BCUT2D eigenvalue weighted by molar-refractivity contribution is 9.10. The van der Waals surface area contributed by atoms with Gasteiger partial charge in [-0.05, 0) is 24.6 Å². The summed E-state index contributed by atoms with van der Waals surface area (Å²) in [6.07, 6.45) is 0. The van der Waals surface area contributed by atoms with Crippen molar-refractivity contribution in [1.82, 2.24) is 4.90 Å². The first-order valence-corrected chi connectivity index (χ1v) is 5.99. The molecule has 92 valence electrons. The van der Waals surface area contributed by atoms with Crippen LogP contribution in [0.4, 0.5) is 0 Å². The van der Waals surface area contributed by atoms with Gasteiger partial charge in [0.15, 0.2) is 5.96 Å². The van der Waals surface area contributed by atoms with E-state index in [1.807, 2.05) is 31.2 Å². The Kier molecular flexibility index (Phi) is 4.96. The molecule has 0 aromatic heterocycles. The number of nitrogens with one attached hydrogen (secondary N) is 1. The zero-order valence-electron chi connectivity index (χ0n) is 9.65. The predicted octanol–water partition coefficient (Wildman–Crippen LogP) is 1.48. The van der Waals surface area contributed by atoms with E-state index in [4.69, 9.17) is 16.9 Å². The Balaban J connectivity index is 2.73. The lowest BCUT2D eigenvalue weighted by Crippen LogP contribution is -2.32. The van der Waals surface area contributed by atoms with Crippen molar-refractivity contribution in [3.63, 3.8) is 0 Å². The van der Waals surface area contributed by atoms with E-state index in [-0.39, 0.29) is 11.9 Å². The zero-order valence-corrected chi connectivity index (χ0v) is 11.2. The Hall–Kier alpha value is -1.56. The molecule has 0 unspecified atom stereocenters. The van der Waals surface area contributed by atoms with E-state index in [1.165, 1.54) is 0 Å². The third-order valence-electron chi connectivity index (χ3n) is 2.20. The fraction of sp³-hybridized carbons (Fsp3) is 0.273. The fourth-order valence-corrected chi connectivity index (χ4v) is 1.60. The molecule has 0 aliphatic heterocycles. The minimum Gasteiger partial charge on any atom is -0.370 e. The standard InChI is InChI=1S/C11H16BrN5/c1-2-17(11(15)16-10(13)14)7-8-3-5-9(12)6-4-8/h3-6H,2,7H2,1H3,(H5,13,14,15,16). The molecule has 5 N–H and O–H groups in total. The second-order valence-electron chi connectivity index (χ2n) is 3.50. The molecular formula is C11H16BrN5. The zero-order chi connectivity index (χ0) is 12.8. The number of guanidine groups is 2. The molecular weight excluding hydrogens is 282 g/mol. The smallest absolute Gasteiger partial charge is 0.221 e. The molecule has 1 rings (SSSR count). The van der Waals surface area contributed by atoms with Crippen molar-refractivity contribution in [2.75, 3.05) is 6.54 Å². The van der Waals surface area contributed by atoms with Gasteiger partial charge in [0.25, 0.3) is 0 Å². The molecule has 0 fully saturated rings. The lowest BCUT2D eigenvalue weighted by Gasteiger charge is -2.20. The largest absolute Gasteiger partial charge is 0.370 e. The van der Waals surface area contributed by atoms with E-state index >= 15 is 0 Å². The topological polar surface area (TPSA) is 91.5 Å². The van der Waals surface area contributed by atoms with Crippen LogP contribution in [0.5, 0.6) is 0 Å². The van der Waals surface area contributed by atoms with E-state index in [2.05, 4.69) is 20.9 Å². The number of nitrogens with zero attached hydrogens (tertiary/aromatic N) is 2. The van der Waals surface area contributed by atoms with Crippen LogP contribution >= 0.6 is 15.9 Å². The second kappa shape index (κ2) is 6.24. The summed E-state index contributed by atoms with van der Waals surface area (Å²) in [4.78, 5) is 5.52. The molecule has 1 aromatic rings. The molecule has 0 aliphatic carbocycles. The lowest BCUT2D eigenvalue weighted by molar-refractivity contribution is 0.428. The van der Waals surface area contributed by atoms with Crippen molar-refractivity contribution in [2.24, 2.45) is 16.5 Å². The van der Waals surface area contributed by atoms with Gasteiger partial charge >= 0.3 is 0 Å². The Morgan fingerprint density at radius 3 is 2.41 bits per heavy atom. The van der Waals surface area contributed by atoms with Crippen molar-refractivity contribution in [2.45, 2.75) is 13.5 Å². The number of aliphatic imine (C=N–C) groups is 1. The van der Waals surface area contributed by atoms with Crippen molar-refractivity contribution in [1.29, 1.82) is 5.41 Å². The molecule has 0 radical (unpaired) electrons. The quantitative estimate of drug-likeness (QED) is 0.583. The molecule has 1 aromatic carbocycles. The van der Waals surface area contributed by atoms with Crippen LogP contribution in [-0.2, 0) is 6.54 Å². The Morgan fingerprint density at radius 2 is 1.94 bits per heavy atom. The van der Waals surface area contributed by atoms with Crippen LogP contribution in [0.2, 0.25) is 0 Å². The van der Waals surface area contributed by atoms with E-state index in [9.17, 15) is 0 Å². The summed E-state index contributed by atoms with van der Waals surface area (Å²) in [6, 6.07) is 7.92. The highest BCUT2D eigenvalue weighted by Crippen LogP contribution is 2.12. The second-order valence-corrected chi connectivity index (χ2v) is 4.42. The summed E-state index contributed by atoms with van der Waals surface area (Å²) in [5.74, 6) is -0.0142. The van der Waals surface area contributed by atoms with Crippen LogP contribution in [0, 0.1) is 5.41 Å². The van der Waals surface area contributed by atoms with Crippen LogP contribution in [0.1, 0.15) is 12.5 Å². The molecule has 5 nitrogen and oxygen atoms in total. The first kappa shape index (κ1) is 13.5. The summed E-state index contributed by atoms with van der Waals surface area (Å²) in [5, 5.41) is 7.74. The minimum absolute atomic E-state index is 0.0791. The molecule has 0 spiro atoms. The summed E-state index contributed by atoms with van der Waals surface area (Å²) in [5.41, 5.74) is 11.6. The molecule has 0 bridgehead atoms. The van der Waals surface area contributed by atoms with Crippen LogP contribution in [-0.4, -0.2) is 23.4 Å². The fourth-order valence-electron chi connectivity index (χ4n) is 1.34. The summed E-state index contributed by atoms with van der Waals surface area (Å²) >= 11 is 3.38. The number of hydrogen-bond acceptors (Lipinski definition) is 1. The number of benzene rings is 1. The highest BCUT2D eigenvalue weighted by atomic mass is 79.9. The van der Waals surface area contributed by atoms with Crippen LogP contribution in [0.15, 0.2) is 33.7 Å². The maximum atomic E-state index is 7.74. The van der Waals surface area contributed by atoms with Crippen molar-refractivity contribution in [3.05, 3.63) is 34.3 Å². The molecule has 6 heteroatoms. The summed E-state index contributed by atoms with van der Waals surface area (Å²) in [7, 11) is 0. The van der Waals surface area contributed by atoms with E-state index < -0.39 is 0 Å². The highest BCUT2D eigenvalue weighted by Gasteiger charge is 2.07. The molecule has 17 heavy (non-hydrogen) atoms. The van der Waals surface area contributed by atoms with Gasteiger partial charge in [0, 0.05) is 17.6 Å². The number of hydrogen-bond donors (Lipinski definition) is 3. The van der Waals surface area contributed by atoms with Gasteiger partial charge in [0.1, 0.15) is 0 Å². The predicted molar refractivity (Wildman–Crippen MR) is 73.8 cm³/mol. The van der Waals surface area contributed by atoms with Crippen molar-refractivity contribution < 1.29 is 0 Å². The van der Waals surface area contributed by atoms with Gasteiger partial charge in [-0.2, -0.15) is 4.99 Å². The van der Waals surface area contributed by atoms with Gasteiger partial charge < -0.3 is 16.4 Å². The third-order valence-corrected chi connectivity index (χ3v) is 2.73. The first-order chi connectivity index (χ1) is 8.02. The van der Waals surface area contributed by atoms with Crippen LogP contribution < -0.4 is 11.5 Å². The van der Waals surface area contributed by atoms with E-state index in [1.54, 1.807) is 4.90 Å². The average Bonchev–Trinajstić information content (AvgIpc) is 2.27. The first-order valence-electron chi connectivity index (χ1n) is 5.20.